The molecule has 0 unspecified atom stereocenters. The van der Waals surface area contributed by atoms with Crippen LogP contribution in [0.25, 0.3) is 11.1 Å². The lowest BCUT2D eigenvalue weighted by Gasteiger charge is -2.12. The summed E-state index contributed by atoms with van der Waals surface area (Å²) >= 11 is 0. The fourth-order valence-electron chi connectivity index (χ4n) is 2.42. The molecular weight excluding hydrogens is 366 g/mol. The van der Waals surface area contributed by atoms with Crippen LogP contribution in [0, 0.1) is 0 Å². The Morgan fingerprint density at radius 3 is 2.08 bits per heavy atom. The fraction of sp³-hybridized carbons (Fsp3) is 0.0714. The Labute approximate surface area is 144 Å². The summed E-state index contributed by atoms with van der Waals surface area (Å²) in [6, 6.07) is 10.2. The van der Waals surface area contributed by atoms with Crippen molar-refractivity contribution >= 4 is 25.9 Å². The molecule has 0 aliphatic carbocycles. The smallest absolute Gasteiger partial charge is 0.238 e. The van der Waals surface area contributed by atoms with Crippen LogP contribution in [0.4, 0.5) is 0 Å². The van der Waals surface area contributed by atoms with Gasteiger partial charge in [-0.2, -0.15) is 5.11 Å². The molecule has 0 saturated carbocycles. The van der Waals surface area contributed by atoms with Gasteiger partial charge in [0.05, 0.1) is 9.79 Å². The molecule has 11 heteroatoms. The highest BCUT2D eigenvalue weighted by atomic mass is 32.2. The predicted molar refractivity (Wildman–Crippen MR) is 90.9 cm³/mol. The number of primary sulfonamides is 2. The van der Waals surface area contributed by atoms with E-state index in [-0.39, 0.29) is 27.9 Å². The molecule has 2 aromatic carbocycles. The van der Waals surface area contributed by atoms with Gasteiger partial charge in [0, 0.05) is 5.56 Å². The molecule has 0 radical (unpaired) electrons. The van der Waals surface area contributed by atoms with Crippen LogP contribution in [-0.4, -0.2) is 29.3 Å². The topological polar surface area (TPSA) is 157 Å². The summed E-state index contributed by atoms with van der Waals surface area (Å²) < 4.78 is 46.6. The maximum Gasteiger partial charge on any atom is 0.238 e. The highest BCUT2D eigenvalue weighted by Gasteiger charge is 2.23. The van der Waals surface area contributed by atoms with Crippen molar-refractivity contribution < 1.29 is 16.8 Å². The van der Waals surface area contributed by atoms with E-state index in [4.69, 9.17) is 10.3 Å². The van der Waals surface area contributed by atoms with Crippen LogP contribution < -0.4 is 10.3 Å². The molecule has 3 rings (SSSR count). The summed E-state index contributed by atoms with van der Waals surface area (Å²) in [4.78, 5) is 3.87. The molecule has 0 fully saturated rings. The van der Waals surface area contributed by atoms with Crippen molar-refractivity contribution in [2.75, 3.05) is 6.67 Å². The van der Waals surface area contributed by atoms with E-state index in [9.17, 15) is 16.8 Å². The van der Waals surface area contributed by atoms with Gasteiger partial charge in [-0.15, -0.1) is 5.11 Å². The van der Waals surface area contributed by atoms with Crippen LogP contribution >= 0.6 is 0 Å². The van der Waals surface area contributed by atoms with Crippen LogP contribution in [-0.2, 0) is 20.0 Å². The van der Waals surface area contributed by atoms with Gasteiger partial charge < -0.3 is 0 Å². The second-order valence-corrected chi connectivity index (χ2v) is 8.25. The predicted octanol–water partition coefficient (Wildman–Crippen LogP) is 0.818. The molecule has 2 aromatic rings. The van der Waals surface area contributed by atoms with Crippen molar-refractivity contribution in [3.8, 4) is 11.1 Å². The summed E-state index contributed by atoms with van der Waals surface area (Å²) in [5, 5.41) is 18.0. The van der Waals surface area contributed by atoms with Gasteiger partial charge in [-0.3, -0.25) is 0 Å². The second kappa shape index (κ2) is 6.11. The zero-order valence-electron chi connectivity index (χ0n) is 12.7. The van der Waals surface area contributed by atoms with Crippen LogP contribution in [0.3, 0.4) is 0 Å². The Balaban J connectivity index is 2.25. The molecule has 0 saturated heterocycles. The van der Waals surface area contributed by atoms with E-state index in [1.165, 1.54) is 36.4 Å². The van der Waals surface area contributed by atoms with Gasteiger partial charge in [-0.25, -0.2) is 32.1 Å². The molecule has 4 N–H and O–H groups in total. The molecule has 0 aromatic heterocycles. The number of rotatable bonds is 4. The van der Waals surface area contributed by atoms with Crippen molar-refractivity contribution in [1.82, 2.24) is 0 Å². The minimum atomic E-state index is -4.03. The SMILES string of the molecule is NS(=O)(=O)c1ccc(-c2cccc(S(N)(=O)=O)c2C2=NCN=N2)cc1. The second-order valence-electron chi connectivity index (χ2n) is 5.16. The number of aliphatic imine (C=N–C) groups is 1. The molecule has 9 nitrogen and oxygen atoms in total. The Morgan fingerprint density at radius 1 is 0.880 bits per heavy atom. The molecule has 1 aliphatic heterocycles. The molecular formula is C14H13N5O4S2. The average molecular weight is 379 g/mol. The van der Waals surface area contributed by atoms with Crippen molar-refractivity contribution in [2.45, 2.75) is 9.79 Å². The first-order valence-electron chi connectivity index (χ1n) is 6.89. The van der Waals surface area contributed by atoms with E-state index in [1.54, 1.807) is 6.07 Å². The van der Waals surface area contributed by atoms with Gasteiger partial charge in [-0.05, 0) is 29.3 Å². The Kier molecular flexibility index (Phi) is 4.24. The molecule has 0 spiro atoms. The number of benzene rings is 2. The molecule has 25 heavy (non-hydrogen) atoms. The Bertz CT molecular complexity index is 1100. The van der Waals surface area contributed by atoms with Crippen LogP contribution in [0.5, 0.6) is 0 Å². The van der Waals surface area contributed by atoms with Crippen LogP contribution in [0.1, 0.15) is 5.56 Å². The molecule has 1 heterocycles. The van der Waals surface area contributed by atoms with Gasteiger partial charge in [0.1, 0.15) is 0 Å². The lowest BCUT2D eigenvalue weighted by Crippen LogP contribution is -2.17. The summed E-state index contributed by atoms with van der Waals surface area (Å²) in [6.45, 7) is 0.0953. The first-order valence-corrected chi connectivity index (χ1v) is 9.98. The van der Waals surface area contributed by atoms with E-state index >= 15 is 0 Å². The normalized spacial score (nSPS) is 14.6. The van der Waals surface area contributed by atoms with Gasteiger partial charge in [0.25, 0.3) is 0 Å². The summed E-state index contributed by atoms with van der Waals surface area (Å²) in [5.41, 5.74) is 1.25. The Morgan fingerprint density at radius 2 is 1.56 bits per heavy atom. The van der Waals surface area contributed by atoms with Gasteiger partial charge in [0.15, 0.2) is 12.5 Å². The van der Waals surface area contributed by atoms with E-state index < -0.39 is 20.0 Å². The molecule has 1 aliphatic rings. The third-order valence-electron chi connectivity index (χ3n) is 3.50. The average Bonchev–Trinajstić information content (AvgIpc) is 3.07. The third-order valence-corrected chi connectivity index (χ3v) is 5.38. The highest BCUT2D eigenvalue weighted by Crippen LogP contribution is 2.31. The highest BCUT2D eigenvalue weighted by molar-refractivity contribution is 7.89. The lowest BCUT2D eigenvalue weighted by molar-refractivity contribution is 0.596. The van der Waals surface area contributed by atoms with Crippen molar-refractivity contribution in [2.24, 2.45) is 25.5 Å². The first kappa shape index (κ1) is 17.4. The van der Waals surface area contributed by atoms with Gasteiger partial charge in [-0.1, -0.05) is 24.3 Å². The van der Waals surface area contributed by atoms with E-state index in [0.29, 0.717) is 11.1 Å². The van der Waals surface area contributed by atoms with Crippen LogP contribution in [0.2, 0.25) is 0 Å². The fourth-order valence-corrected chi connectivity index (χ4v) is 3.69. The molecule has 0 bridgehead atoms. The number of azo groups is 1. The number of amidine groups is 1. The van der Waals surface area contributed by atoms with Crippen molar-refractivity contribution in [1.29, 1.82) is 0 Å². The minimum absolute atomic E-state index is 0.0571. The number of sulfonamides is 2. The van der Waals surface area contributed by atoms with Crippen LogP contribution in [0.15, 0.2) is 67.5 Å². The number of hydrogen-bond donors (Lipinski definition) is 2. The summed E-state index contributed by atoms with van der Waals surface area (Å²) in [7, 11) is -7.86. The number of hydrogen-bond acceptors (Lipinski definition) is 7. The molecule has 0 amide bonds. The lowest BCUT2D eigenvalue weighted by atomic mass is 9.99. The molecule has 130 valence electrons. The third kappa shape index (κ3) is 3.49. The standard InChI is InChI=1S/C14H13N5O4S2/c15-24(20,21)10-6-4-9(5-7-10)11-2-1-3-12(25(16,22)23)13(11)14-17-8-18-19-14/h1-7H,8H2,(H2,15,20,21)(H2,16,22,23). The zero-order chi connectivity index (χ0) is 18.2. The Hall–Kier alpha value is -2.47. The number of nitrogens with two attached hydrogens (primary N) is 2. The maximum atomic E-state index is 11.9. The van der Waals surface area contributed by atoms with Gasteiger partial charge >= 0.3 is 0 Å². The summed E-state index contributed by atoms with van der Waals surface area (Å²) in [5.74, 6) is 0.148. The zero-order valence-corrected chi connectivity index (χ0v) is 14.3. The van der Waals surface area contributed by atoms with Crippen molar-refractivity contribution in [3.63, 3.8) is 0 Å². The number of nitrogens with zero attached hydrogens (tertiary/aromatic N) is 3. The van der Waals surface area contributed by atoms with E-state index in [1.807, 2.05) is 0 Å². The van der Waals surface area contributed by atoms with E-state index in [0.717, 1.165) is 0 Å². The maximum absolute atomic E-state index is 11.9. The summed E-state index contributed by atoms with van der Waals surface area (Å²) in [6.07, 6.45) is 0. The quantitative estimate of drug-likeness (QED) is 0.805. The largest absolute Gasteiger partial charge is 0.239 e. The van der Waals surface area contributed by atoms with Crippen molar-refractivity contribution in [3.05, 3.63) is 48.0 Å². The monoisotopic (exact) mass is 379 g/mol. The minimum Gasteiger partial charge on any atom is -0.239 e. The first-order chi connectivity index (χ1) is 11.7. The van der Waals surface area contributed by atoms with E-state index in [2.05, 4.69) is 15.2 Å². The molecule has 0 atom stereocenters. The van der Waals surface area contributed by atoms with Gasteiger partial charge in [0.2, 0.25) is 20.0 Å².